The van der Waals surface area contributed by atoms with Gasteiger partial charge in [-0.1, -0.05) is 31.2 Å². The number of Topliss-reactive ketones (excluding diaryl/α,β-unsaturated/α-hetero) is 1. The minimum absolute atomic E-state index is 0.0575. The molecule has 2 fully saturated rings. The lowest BCUT2D eigenvalue weighted by atomic mass is 9.83. The van der Waals surface area contributed by atoms with Gasteiger partial charge in [-0.25, -0.2) is 4.39 Å². The van der Waals surface area contributed by atoms with E-state index < -0.39 is 76.8 Å². The standard InChI is InChI=1S/C28H36FN3O10/c1-16(34)22(35)20(14-33)19(13-31(3)23-24(36)30-26(38)27(2,39)28(23,40)41)25(37)42-15-18-9-7-8-17(21(18)29)12-32-10-5-4-6-11-32/h7-9,14,23,33-34,37,39-41H,1,4-6,10-13,15H2,2-3H3,(H,30,36,38)/b20-14?,25-19+. The highest BCUT2D eigenvalue weighted by Gasteiger charge is 2.63. The van der Waals surface area contributed by atoms with E-state index in [-0.39, 0.29) is 11.8 Å². The highest BCUT2D eigenvalue weighted by Crippen LogP contribution is 2.32. The second-order valence-corrected chi connectivity index (χ2v) is 10.6. The fourth-order valence-electron chi connectivity index (χ4n) is 4.92. The molecule has 230 valence electrons. The Hall–Kier alpha value is -3.82. The van der Waals surface area contributed by atoms with Crippen LogP contribution in [0.3, 0.4) is 0 Å². The molecule has 2 heterocycles. The molecule has 42 heavy (non-hydrogen) atoms. The van der Waals surface area contributed by atoms with Crippen molar-refractivity contribution in [2.45, 2.75) is 56.8 Å². The molecule has 2 saturated heterocycles. The van der Waals surface area contributed by atoms with Crippen molar-refractivity contribution in [1.29, 1.82) is 0 Å². The second kappa shape index (κ2) is 13.0. The van der Waals surface area contributed by atoms with Gasteiger partial charge in [0.05, 0.1) is 17.4 Å². The molecule has 0 aromatic heterocycles. The smallest absolute Gasteiger partial charge is 0.282 e. The third kappa shape index (κ3) is 6.63. The molecule has 0 saturated carbocycles. The van der Waals surface area contributed by atoms with Gasteiger partial charge < -0.3 is 35.4 Å². The monoisotopic (exact) mass is 593 g/mol. The third-order valence-corrected chi connectivity index (χ3v) is 7.46. The molecule has 0 spiro atoms. The maximum atomic E-state index is 15.3. The largest absolute Gasteiger partial charge is 0.515 e. The number of benzene rings is 1. The van der Waals surface area contributed by atoms with Crippen LogP contribution in [0.1, 0.15) is 37.3 Å². The van der Waals surface area contributed by atoms with Gasteiger partial charge >= 0.3 is 0 Å². The molecule has 0 aliphatic carbocycles. The molecule has 14 heteroatoms. The lowest BCUT2D eigenvalue weighted by Gasteiger charge is -2.46. The van der Waals surface area contributed by atoms with Crippen molar-refractivity contribution < 1.29 is 54.2 Å². The number of likely N-dealkylation sites (tertiary alicyclic amines) is 1. The number of imide groups is 1. The Morgan fingerprint density at radius 3 is 2.40 bits per heavy atom. The van der Waals surface area contributed by atoms with E-state index in [0.717, 1.165) is 51.2 Å². The van der Waals surface area contributed by atoms with Crippen LogP contribution >= 0.6 is 0 Å². The highest BCUT2D eigenvalue weighted by atomic mass is 19.1. The molecule has 13 nitrogen and oxygen atoms in total. The number of nitrogens with one attached hydrogen (secondary N) is 1. The summed E-state index contributed by atoms with van der Waals surface area (Å²) >= 11 is 0. The van der Waals surface area contributed by atoms with E-state index in [1.807, 2.05) is 0 Å². The van der Waals surface area contributed by atoms with Gasteiger partial charge in [-0.15, -0.1) is 0 Å². The molecule has 7 N–H and O–H groups in total. The number of amides is 2. The second-order valence-electron chi connectivity index (χ2n) is 10.6. The summed E-state index contributed by atoms with van der Waals surface area (Å²) in [7, 11) is 1.11. The number of nitrogens with zero attached hydrogens (tertiary/aromatic N) is 2. The van der Waals surface area contributed by atoms with E-state index in [0.29, 0.717) is 12.1 Å². The predicted molar refractivity (Wildman–Crippen MR) is 145 cm³/mol. The zero-order valence-electron chi connectivity index (χ0n) is 23.3. The number of hydrogen-bond acceptors (Lipinski definition) is 12. The van der Waals surface area contributed by atoms with E-state index in [2.05, 4.69) is 11.5 Å². The van der Waals surface area contributed by atoms with Gasteiger partial charge in [-0.2, -0.15) is 0 Å². The van der Waals surface area contributed by atoms with Crippen molar-refractivity contribution in [2.75, 3.05) is 26.7 Å². The molecular formula is C28H36FN3O10. The van der Waals surface area contributed by atoms with Crippen molar-refractivity contribution in [2.24, 2.45) is 0 Å². The zero-order chi connectivity index (χ0) is 31.4. The van der Waals surface area contributed by atoms with Crippen LogP contribution in [-0.2, 0) is 32.3 Å². The number of carbonyl (C=O) groups excluding carboxylic acids is 3. The van der Waals surface area contributed by atoms with Gasteiger partial charge in [0.1, 0.15) is 18.5 Å². The Morgan fingerprint density at radius 2 is 1.81 bits per heavy atom. The van der Waals surface area contributed by atoms with Crippen LogP contribution in [0, 0.1) is 5.82 Å². The average molecular weight is 594 g/mol. The summed E-state index contributed by atoms with van der Waals surface area (Å²) in [5.74, 6) is -9.88. The molecule has 2 atom stereocenters. The molecule has 2 aliphatic rings. The Kier molecular flexibility index (Phi) is 10.1. The number of piperidine rings is 2. The molecule has 0 bridgehead atoms. The lowest BCUT2D eigenvalue weighted by molar-refractivity contribution is -0.287. The van der Waals surface area contributed by atoms with Crippen LogP contribution in [0.25, 0.3) is 0 Å². The van der Waals surface area contributed by atoms with Crippen LogP contribution in [0.15, 0.2) is 53.9 Å². The minimum Gasteiger partial charge on any atom is -0.515 e. The maximum Gasteiger partial charge on any atom is 0.282 e. The van der Waals surface area contributed by atoms with Gasteiger partial charge in [0.25, 0.3) is 11.9 Å². The summed E-state index contributed by atoms with van der Waals surface area (Å²) in [5, 5.41) is 63.6. The summed E-state index contributed by atoms with van der Waals surface area (Å²) < 4.78 is 20.7. The number of aliphatic hydroxyl groups excluding tert-OH is 3. The third-order valence-electron chi connectivity index (χ3n) is 7.46. The molecule has 2 aliphatic heterocycles. The van der Waals surface area contributed by atoms with Crippen molar-refractivity contribution in [3.8, 4) is 0 Å². The summed E-state index contributed by atoms with van der Waals surface area (Å²) in [4.78, 5) is 40.1. The molecule has 2 amide bonds. The fourth-order valence-corrected chi connectivity index (χ4v) is 4.92. The first kappa shape index (κ1) is 32.7. The van der Waals surface area contributed by atoms with Crippen LogP contribution in [0.4, 0.5) is 4.39 Å². The first-order valence-corrected chi connectivity index (χ1v) is 13.2. The van der Waals surface area contributed by atoms with Crippen molar-refractivity contribution >= 4 is 17.6 Å². The minimum atomic E-state index is -3.35. The molecule has 1 aromatic carbocycles. The van der Waals surface area contributed by atoms with Crippen LogP contribution in [0.5, 0.6) is 0 Å². The number of likely N-dealkylation sites (N-methyl/N-ethyl adjacent to an activating group) is 1. The molecule has 0 radical (unpaired) electrons. The number of rotatable bonds is 11. The normalized spacial score (nSPS) is 23.8. The van der Waals surface area contributed by atoms with Gasteiger partial charge in [0.15, 0.2) is 11.4 Å². The number of carbonyl (C=O) groups is 3. The Balaban J connectivity index is 1.92. The number of hydrogen-bond donors (Lipinski definition) is 7. The quantitative estimate of drug-likeness (QED) is 0.0619. The Bertz CT molecular complexity index is 1300. The topological polar surface area (TPSA) is 200 Å². The molecule has 1 aromatic rings. The van der Waals surface area contributed by atoms with E-state index in [1.165, 1.54) is 6.07 Å². The van der Waals surface area contributed by atoms with Crippen molar-refractivity contribution in [3.63, 3.8) is 0 Å². The van der Waals surface area contributed by atoms with E-state index in [9.17, 15) is 45.0 Å². The highest BCUT2D eigenvalue weighted by molar-refractivity contribution is 6.09. The Morgan fingerprint density at radius 1 is 1.19 bits per heavy atom. The number of halogens is 1. The van der Waals surface area contributed by atoms with E-state index in [1.54, 1.807) is 17.4 Å². The number of allylic oxidation sites excluding steroid dienone is 1. The van der Waals surface area contributed by atoms with Crippen molar-refractivity contribution in [1.82, 2.24) is 15.1 Å². The van der Waals surface area contributed by atoms with Gasteiger partial charge in [-0.3, -0.25) is 29.5 Å². The van der Waals surface area contributed by atoms with E-state index >= 15 is 4.39 Å². The summed E-state index contributed by atoms with van der Waals surface area (Å²) in [6, 6.07) is 2.62. The summed E-state index contributed by atoms with van der Waals surface area (Å²) in [6.45, 7) is 4.60. The molecule has 3 rings (SSSR count). The number of aliphatic hydroxyl groups is 6. The van der Waals surface area contributed by atoms with Crippen LogP contribution < -0.4 is 5.32 Å². The summed E-state index contributed by atoms with van der Waals surface area (Å²) in [6.07, 6.45) is 3.37. The first-order chi connectivity index (χ1) is 19.6. The van der Waals surface area contributed by atoms with Crippen LogP contribution in [0.2, 0.25) is 0 Å². The van der Waals surface area contributed by atoms with Crippen LogP contribution in [-0.4, -0.2) is 102 Å². The fraction of sp³-hybridized carbons (Fsp3) is 0.464. The van der Waals surface area contributed by atoms with Crippen molar-refractivity contribution in [3.05, 3.63) is 70.8 Å². The maximum absolute atomic E-state index is 15.3. The first-order valence-electron chi connectivity index (χ1n) is 13.2. The average Bonchev–Trinajstić information content (AvgIpc) is 2.92. The zero-order valence-corrected chi connectivity index (χ0v) is 23.3. The predicted octanol–water partition coefficient (Wildman–Crippen LogP) is 0.569. The van der Waals surface area contributed by atoms with Gasteiger partial charge in [0, 0.05) is 24.2 Å². The number of ketones is 1. The number of ether oxygens (including phenoxy) is 1. The van der Waals surface area contributed by atoms with E-state index in [4.69, 9.17) is 4.74 Å². The van der Waals surface area contributed by atoms with Gasteiger partial charge in [-0.05, 0) is 39.9 Å². The summed E-state index contributed by atoms with van der Waals surface area (Å²) in [5.41, 5.74) is -3.72. The molecular weight excluding hydrogens is 557 g/mol. The SMILES string of the molecule is C=C(O)C(=O)C(=CO)/C(CN(C)C1C(=O)NC(=O)C(C)(O)C1(O)O)=C(\O)OCc1cccc(CN2CCCCC2)c1F. The Labute approximate surface area is 241 Å². The lowest BCUT2D eigenvalue weighted by Crippen LogP contribution is -2.77. The van der Waals surface area contributed by atoms with Gasteiger partial charge in [0.2, 0.25) is 17.5 Å². The molecule has 2 unspecified atom stereocenters.